The van der Waals surface area contributed by atoms with Crippen molar-refractivity contribution in [3.8, 4) is 11.1 Å². The maximum Gasteiger partial charge on any atom is 0.193 e. The molecule has 0 aromatic heterocycles. The van der Waals surface area contributed by atoms with Crippen LogP contribution < -0.4 is 0 Å². The Morgan fingerprint density at radius 2 is 1.31 bits per heavy atom. The SMILES string of the molecule is CN(C)Cc1ccc(-c2ccc(C(=O)c3cccc4ccccc34)cc2)cc1.Cl. The fourth-order valence-electron chi connectivity index (χ4n) is 3.56. The first-order chi connectivity index (χ1) is 13.6. The van der Waals surface area contributed by atoms with Crippen LogP contribution in [0.15, 0.2) is 91.0 Å². The Morgan fingerprint density at radius 3 is 1.97 bits per heavy atom. The molecule has 0 aliphatic carbocycles. The van der Waals surface area contributed by atoms with Crippen molar-refractivity contribution >= 4 is 29.0 Å². The van der Waals surface area contributed by atoms with E-state index in [9.17, 15) is 4.79 Å². The molecular formula is C26H24ClNO. The van der Waals surface area contributed by atoms with Crippen molar-refractivity contribution in [2.75, 3.05) is 14.1 Å². The van der Waals surface area contributed by atoms with E-state index in [1.165, 1.54) is 5.56 Å². The van der Waals surface area contributed by atoms with E-state index in [2.05, 4.69) is 43.3 Å². The van der Waals surface area contributed by atoms with Crippen LogP contribution in [0.3, 0.4) is 0 Å². The summed E-state index contributed by atoms with van der Waals surface area (Å²) in [7, 11) is 4.14. The Balaban J connectivity index is 0.00000240. The second-order valence-corrected chi connectivity index (χ2v) is 7.37. The highest BCUT2D eigenvalue weighted by Gasteiger charge is 2.12. The molecule has 3 heteroatoms. The lowest BCUT2D eigenvalue weighted by molar-refractivity contribution is 0.104. The summed E-state index contributed by atoms with van der Waals surface area (Å²) in [5.74, 6) is 0.0599. The first-order valence-corrected chi connectivity index (χ1v) is 9.48. The summed E-state index contributed by atoms with van der Waals surface area (Å²) in [6.45, 7) is 0.929. The third-order valence-corrected chi connectivity index (χ3v) is 4.97. The van der Waals surface area contributed by atoms with Gasteiger partial charge in [0.25, 0.3) is 0 Å². The van der Waals surface area contributed by atoms with E-state index in [0.29, 0.717) is 5.56 Å². The Labute approximate surface area is 178 Å². The van der Waals surface area contributed by atoms with Gasteiger partial charge in [0, 0.05) is 17.7 Å². The highest BCUT2D eigenvalue weighted by atomic mass is 35.5. The van der Waals surface area contributed by atoms with E-state index < -0.39 is 0 Å². The Hall–Kier alpha value is -2.94. The summed E-state index contributed by atoms with van der Waals surface area (Å²) in [6, 6.07) is 30.4. The number of ketones is 1. The molecule has 29 heavy (non-hydrogen) atoms. The van der Waals surface area contributed by atoms with E-state index in [1.54, 1.807) is 0 Å². The molecule has 4 rings (SSSR count). The van der Waals surface area contributed by atoms with Crippen LogP contribution in [0.1, 0.15) is 21.5 Å². The summed E-state index contributed by atoms with van der Waals surface area (Å²) in [6.07, 6.45) is 0. The molecule has 0 saturated carbocycles. The first-order valence-electron chi connectivity index (χ1n) is 9.48. The summed E-state index contributed by atoms with van der Waals surface area (Å²) in [4.78, 5) is 15.2. The molecule has 0 unspecified atom stereocenters. The maximum atomic E-state index is 13.1. The molecule has 4 aromatic rings. The standard InChI is InChI=1S/C26H23NO.ClH/c1-27(2)18-19-10-12-20(13-11-19)21-14-16-23(17-15-21)26(28)25-9-5-7-22-6-3-4-8-24(22)25;/h3-17H,18H2,1-2H3;1H. The normalized spacial score (nSPS) is 10.7. The number of carbonyl (C=O) groups is 1. The molecule has 0 aliphatic heterocycles. The van der Waals surface area contributed by atoms with Crippen molar-refractivity contribution < 1.29 is 4.79 Å². The van der Waals surface area contributed by atoms with Crippen LogP contribution in [0.25, 0.3) is 21.9 Å². The van der Waals surface area contributed by atoms with Crippen LogP contribution in [0, 0.1) is 0 Å². The number of benzene rings is 4. The minimum Gasteiger partial charge on any atom is -0.305 e. The van der Waals surface area contributed by atoms with E-state index >= 15 is 0 Å². The fraction of sp³-hybridized carbons (Fsp3) is 0.115. The molecule has 0 bridgehead atoms. The molecule has 4 aromatic carbocycles. The smallest absolute Gasteiger partial charge is 0.193 e. The number of nitrogens with zero attached hydrogens (tertiary/aromatic N) is 1. The van der Waals surface area contributed by atoms with Gasteiger partial charge >= 0.3 is 0 Å². The average molecular weight is 402 g/mol. The number of rotatable bonds is 5. The maximum absolute atomic E-state index is 13.1. The van der Waals surface area contributed by atoms with Gasteiger partial charge in [-0.05, 0) is 41.6 Å². The van der Waals surface area contributed by atoms with Gasteiger partial charge in [-0.25, -0.2) is 0 Å². The van der Waals surface area contributed by atoms with Crippen LogP contribution in [-0.2, 0) is 6.54 Å². The largest absolute Gasteiger partial charge is 0.305 e. The van der Waals surface area contributed by atoms with Crippen molar-refractivity contribution in [2.24, 2.45) is 0 Å². The van der Waals surface area contributed by atoms with Gasteiger partial charge in [-0.15, -0.1) is 12.4 Å². The van der Waals surface area contributed by atoms with Crippen molar-refractivity contribution in [1.82, 2.24) is 4.90 Å². The molecule has 0 fully saturated rings. The highest BCUT2D eigenvalue weighted by molar-refractivity contribution is 6.16. The second-order valence-electron chi connectivity index (χ2n) is 7.37. The molecule has 2 nitrogen and oxygen atoms in total. The summed E-state index contributed by atoms with van der Waals surface area (Å²) in [5, 5.41) is 2.08. The zero-order valence-electron chi connectivity index (χ0n) is 16.6. The lowest BCUT2D eigenvalue weighted by Crippen LogP contribution is -2.10. The van der Waals surface area contributed by atoms with Crippen LogP contribution in [0.5, 0.6) is 0 Å². The number of hydrogen-bond acceptors (Lipinski definition) is 2. The highest BCUT2D eigenvalue weighted by Crippen LogP contribution is 2.24. The van der Waals surface area contributed by atoms with E-state index in [0.717, 1.165) is 34.0 Å². The van der Waals surface area contributed by atoms with Gasteiger partial charge in [0.2, 0.25) is 0 Å². The van der Waals surface area contributed by atoms with Gasteiger partial charge in [-0.1, -0.05) is 91.0 Å². The lowest BCUT2D eigenvalue weighted by Gasteiger charge is -2.10. The number of halogens is 1. The third-order valence-electron chi connectivity index (χ3n) is 4.97. The van der Waals surface area contributed by atoms with Crippen LogP contribution in [0.2, 0.25) is 0 Å². The van der Waals surface area contributed by atoms with Gasteiger partial charge in [0.15, 0.2) is 5.78 Å². The van der Waals surface area contributed by atoms with E-state index in [4.69, 9.17) is 0 Å². The molecule has 0 amide bonds. The van der Waals surface area contributed by atoms with Crippen LogP contribution in [-0.4, -0.2) is 24.8 Å². The quantitative estimate of drug-likeness (QED) is 0.370. The molecular weight excluding hydrogens is 378 g/mol. The Bertz CT molecular complexity index is 1110. The van der Waals surface area contributed by atoms with Crippen LogP contribution >= 0.6 is 12.4 Å². The van der Waals surface area contributed by atoms with E-state index in [-0.39, 0.29) is 18.2 Å². The van der Waals surface area contributed by atoms with Crippen molar-refractivity contribution in [3.05, 3.63) is 108 Å². The monoisotopic (exact) mass is 401 g/mol. The predicted octanol–water partition coefficient (Wildman–Crippen LogP) is 6.22. The summed E-state index contributed by atoms with van der Waals surface area (Å²) >= 11 is 0. The van der Waals surface area contributed by atoms with Crippen molar-refractivity contribution in [3.63, 3.8) is 0 Å². The van der Waals surface area contributed by atoms with Gasteiger partial charge < -0.3 is 4.90 Å². The van der Waals surface area contributed by atoms with Crippen LogP contribution in [0.4, 0.5) is 0 Å². The van der Waals surface area contributed by atoms with Gasteiger partial charge in [-0.2, -0.15) is 0 Å². The lowest BCUT2D eigenvalue weighted by atomic mass is 9.95. The predicted molar refractivity (Wildman–Crippen MR) is 124 cm³/mol. The van der Waals surface area contributed by atoms with E-state index in [1.807, 2.05) is 66.7 Å². The second kappa shape index (κ2) is 9.04. The van der Waals surface area contributed by atoms with Gasteiger partial charge in [-0.3, -0.25) is 4.79 Å². The fourth-order valence-corrected chi connectivity index (χ4v) is 3.56. The number of carbonyl (C=O) groups excluding carboxylic acids is 1. The molecule has 0 saturated heterocycles. The summed E-state index contributed by atoms with van der Waals surface area (Å²) < 4.78 is 0. The molecule has 0 radical (unpaired) electrons. The minimum atomic E-state index is 0. The van der Waals surface area contributed by atoms with Crippen molar-refractivity contribution in [1.29, 1.82) is 0 Å². The zero-order valence-corrected chi connectivity index (χ0v) is 17.4. The molecule has 0 spiro atoms. The molecule has 0 heterocycles. The first kappa shape index (κ1) is 20.8. The topological polar surface area (TPSA) is 20.3 Å². The summed E-state index contributed by atoms with van der Waals surface area (Å²) in [5.41, 5.74) is 5.03. The molecule has 0 N–H and O–H groups in total. The van der Waals surface area contributed by atoms with Gasteiger partial charge in [0.05, 0.1) is 0 Å². The molecule has 0 aliphatic rings. The minimum absolute atomic E-state index is 0. The number of hydrogen-bond donors (Lipinski definition) is 0. The Morgan fingerprint density at radius 1 is 0.724 bits per heavy atom. The molecule has 0 atom stereocenters. The average Bonchev–Trinajstić information content (AvgIpc) is 2.73. The third kappa shape index (κ3) is 4.56. The number of fused-ring (bicyclic) bond motifs is 1. The zero-order chi connectivity index (χ0) is 19.5. The van der Waals surface area contributed by atoms with Gasteiger partial charge in [0.1, 0.15) is 0 Å². The Kier molecular flexibility index (Phi) is 6.48. The van der Waals surface area contributed by atoms with Crippen molar-refractivity contribution in [2.45, 2.75) is 6.54 Å². The molecule has 146 valence electrons.